The molecule has 0 N–H and O–H groups in total. The third-order valence-corrected chi connectivity index (χ3v) is 7.01. The molecule has 1 amide bonds. The van der Waals surface area contributed by atoms with E-state index >= 15 is 0 Å². The largest absolute Gasteiger partial charge is 0.492 e. The average Bonchev–Trinajstić information content (AvgIpc) is 3.44. The molecule has 9 heteroatoms. The lowest BCUT2D eigenvalue weighted by molar-refractivity contribution is -0.131. The fraction of sp³-hybridized carbons (Fsp3) is 0.350. The van der Waals surface area contributed by atoms with Gasteiger partial charge in [-0.1, -0.05) is 41.1 Å². The lowest BCUT2D eigenvalue weighted by atomic mass is 10.2. The Bertz CT molecular complexity index is 940. The zero-order valence-corrected chi connectivity index (χ0v) is 18.2. The van der Waals surface area contributed by atoms with Crippen LogP contribution in [0.15, 0.2) is 41.8 Å². The molecule has 0 atom stereocenters. The molecule has 3 aromatic rings. The van der Waals surface area contributed by atoms with Crippen LogP contribution in [-0.4, -0.2) is 53.8 Å². The quantitative estimate of drug-likeness (QED) is 0.500. The molecule has 0 spiro atoms. The normalized spacial score (nSPS) is 14.2. The molecule has 0 unspecified atom stereocenters. The Morgan fingerprint density at radius 1 is 1.10 bits per heavy atom. The standard InChI is InChI=1S/C20H21ClN4O2S2/c21-15-5-1-2-6-16(15)27-13-3-8-18(26)24-9-11-25(12-10-24)20-23-22-19(29-20)17-7-4-14-28-17/h1-2,4-7,14H,3,8-13H2. The average molecular weight is 449 g/mol. The number of piperazine rings is 1. The highest BCUT2D eigenvalue weighted by Gasteiger charge is 2.23. The third-order valence-electron chi connectivity index (χ3n) is 4.68. The summed E-state index contributed by atoms with van der Waals surface area (Å²) in [6.45, 7) is 3.45. The lowest BCUT2D eigenvalue weighted by Gasteiger charge is -2.34. The van der Waals surface area contributed by atoms with Crippen LogP contribution in [0, 0.1) is 0 Å². The monoisotopic (exact) mass is 448 g/mol. The van der Waals surface area contributed by atoms with E-state index in [0.29, 0.717) is 43.3 Å². The van der Waals surface area contributed by atoms with E-state index in [9.17, 15) is 4.79 Å². The summed E-state index contributed by atoms with van der Waals surface area (Å²) in [5.74, 6) is 0.832. The highest BCUT2D eigenvalue weighted by molar-refractivity contribution is 7.22. The molecule has 1 fully saturated rings. The number of ether oxygens (including phenoxy) is 1. The van der Waals surface area contributed by atoms with Crippen LogP contribution in [0.3, 0.4) is 0 Å². The van der Waals surface area contributed by atoms with Crippen molar-refractivity contribution < 1.29 is 9.53 Å². The first-order chi connectivity index (χ1) is 14.2. The zero-order valence-electron chi connectivity index (χ0n) is 15.8. The third kappa shape index (κ3) is 5.07. The Kier molecular flexibility index (Phi) is 6.63. The van der Waals surface area contributed by atoms with Gasteiger partial charge in [0.25, 0.3) is 0 Å². The first kappa shape index (κ1) is 20.1. The molecular weight excluding hydrogens is 428 g/mol. The van der Waals surface area contributed by atoms with Crippen molar-refractivity contribution in [2.75, 3.05) is 37.7 Å². The van der Waals surface area contributed by atoms with Crippen LogP contribution in [0.2, 0.25) is 5.02 Å². The van der Waals surface area contributed by atoms with Gasteiger partial charge in [0.2, 0.25) is 11.0 Å². The molecule has 4 rings (SSSR count). The van der Waals surface area contributed by atoms with E-state index in [4.69, 9.17) is 16.3 Å². The van der Waals surface area contributed by atoms with E-state index < -0.39 is 0 Å². The van der Waals surface area contributed by atoms with Gasteiger partial charge in [-0.25, -0.2) is 0 Å². The van der Waals surface area contributed by atoms with Gasteiger partial charge < -0.3 is 14.5 Å². The molecule has 3 heterocycles. The molecule has 1 saturated heterocycles. The minimum Gasteiger partial charge on any atom is -0.492 e. The number of carbonyl (C=O) groups is 1. The number of benzene rings is 1. The minimum atomic E-state index is 0.170. The summed E-state index contributed by atoms with van der Waals surface area (Å²) < 4.78 is 5.66. The predicted molar refractivity (Wildman–Crippen MR) is 118 cm³/mol. The number of halogens is 1. The second-order valence-electron chi connectivity index (χ2n) is 6.62. The number of rotatable bonds is 7. The number of anilines is 1. The summed E-state index contributed by atoms with van der Waals surface area (Å²) in [5, 5.41) is 13.1. The van der Waals surface area contributed by atoms with Gasteiger partial charge >= 0.3 is 0 Å². The molecule has 0 aliphatic carbocycles. The van der Waals surface area contributed by atoms with E-state index in [1.807, 2.05) is 34.5 Å². The Morgan fingerprint density at radius 3 is 2.69 bits per heavy atom. The van der Waals surface area contributed by atoms with Crippen molar-refractivity contribution in [3.8, 4) is 15.6 Å². The van der Waals surface area contributed by atoms with Gasteiger partial charge in [0, 0.05) is 32.6 Å². The summed E-state index contributed by atoms with van der Waals surface area (Å²) >= 11 is 9.34. The van der Waals surface area contributed by atoms with Crippen molar-refractivity contribution >= 4 is 45.3 Å². The SMILES string of the molecule is O=C(CCCOc1ccccc1Cl)N1CCN(c2nnc(-c3cccs3)s2)CC1. The van der Waals surface area contributed by atoms with Crippen molar-refractivity contribution in [2.24, 2.45) is 0 Å². The smallest absolute Gasteiger partial charge is 0.222 e. The van der Waals surface area contributed by atoms with Crippen LogP contribution in [0.4, 0.5) is 5.13 Å². The zero-order chi connectivity index (χ0) is 20.1. The maximum atomic E-state index is 12.5. The summed E-state index contributed by atoms with van der Waals surface area (Å²) in [4.78, 5) is 17.8. The second-order valence-corrected chi connectivity index (χ2v) is 8.93. The predicted octanol–water partition coefficient (Wildman–Crippen LogP) is 4.43. The number of thiophene rings is 1. The molecule has 6 nitrogen and oxygen atoms in total. The molecular formula is C20H21ClN4O2S2. The molecule has 29 heavy (non-hydrogen) atoms. The van der Waals surface area contributed by atoms with E-state index in [1.165, 1.54) is 0 Å². The van der Waals surface area contributed by atoms with E-state index in [0.717, 1.165) is 28.1 Å². The Morgan fingerprint density at radius 2 is 1.93 bits per heavy atom. The number of aromatic nitrogens is 2. The van der Waals surface area contributed by atoms with E-state index in [2.05, 4.69) is 21.2 Å². The maximum Gasteiger partial charge on any atom is 0.222 e. The fourth-order valence-electron chi connectivity index (χ4n) is 3.12. The minimum absolute atomic E-state index is 0.170. The van der Waals surface area contributed by atoms with Gasteiger partial charge in [-0.3, -0.25) is 4.79 Å². The number of para-hydroxylation sites is 1. The molecule has 0 bridgehead atoms. The molecule has 1 aliphatic rings. The van der Waals surface area contributed by atoms with Gasteiger partial charge in [0.15, 0.2) is 5.01 Å². The van der Waals surface area contributed by atoms with E-state index in [-0.39, 0.29) is 5.91 Å². The van der Waals surface area contributed by atoms with Gasteiger partial charge in [-0.05, 0) is 30.0 Å². The first-order valence-corrected chi connectivity index (χ1v) is 11.6. The maximum absolute atomic E-state index is 12.5. The van der Waals surface area contributed by atoms with Crippen LogP contribution in [0.5, 0.6) is 5.75 Å². The molecule has 2 aromatic heterocycles. The molecule has 0 saturated carbocycles. The highest BCUT2D eigenvalue weighted by atomic mass is 35.5. The highest BCUT2D eigenvalue weighted by Crippen LogP contribution is 2.31. The number of carbonyl (C=O) groups excluding carboxylic acids is 1. The van der Waals surface area contributed by atoms with Gasteiger partial charge in [0.05, 0.1) is 16.5 Å². The van der Waals surface area contributed by atoms with Gasteiger partial charge in [-0.2, -0.15) is 0 Å². The number of amides is 1. The van der Waals surface area contributed by atoms with E-state index in [1.54, 1.807) is 28.7 Å². The molecule has 152 valence electrons. The Balaban J connectivity index is 1.20. The fourth-order valence-corrected chi connectivity index (χ4v) is 4.99. The Hall–Kier alpha value is -2.16. The molecule has 0 radical (unpaired) electrons. The summed E-state index contributed by atoms with van der Waals surface area (Å²) in [7, 11) is 0. The number of hydrogen-bond acceptors (Lipinski definition) is 7. The van der Waals surface area contributed by atoms with Crippen LogP contribution < -0.4 is 9.64 Å². The summed E-state index contributed by atoms with van der Waals surface area (Å²) in [6.07, 6.45) is 1.15. The van der Waals surface area contributed by atoms with Crippen LogP contribution in [0.1, 0.15) is 12.8 Å². The van der Waals surface area contributed by atoms with Crippen LogP contribution >= 0.6 is 34.3 Å². The topological polar surface area (TPSA) is 58.6 Å². The molecule has 1 aliphatic heterocycles. The molecule has 1 aromatic carbocycles. The summed E-state index contributed by atoms with van der Waals surface area (Å²) in [5.41, 5.74) is 0. The van der Waals surface area contributed by atoms with Gasteiger partial charge in [-0.15, -0.1) is 21.5 Å². The lowest BCUT2D eigenvalue weighted by Crippen LogP contribution is -2.48. The van der Waals surface area contributed by atoms with Crippen molar-refractivity contribution in [1.82, 2.24) is 15.1 Å². The van der Waals surface area contributed by atoms with Crippen LogP contribution in [-0.2, 0) is 4.79 Å². The van der Waals surface area contributed by atoms with Crippen molar-refractivity contribution in [1.29, 1.82) is 0 Å². The Labute approximate surface area is 182 Å². The van der Waals surface area contributed by atoms with Gasteiger partial charge in [0.1, 0.15) is 5.75 Å². The van der Waals surface area contributed by atoms with Crippen molar-refractivity contribution in [3.05, 3.63) is 46.8 Å². The van der Waals surface area contributed by atoms with Crippen molar-refractivity contribution in [3.63, 3.8) is 0 Å². The first-order valence-electron chi connectivity index (χ1n) is 9.48. The second kappa shape index (κ2) is 9.56. The van der Waals surface area contributed by atoms with Crippen LogP contribution in [0.25, 0.3) is 9.88 Å². The summed E-state index contributed by atoms with van der Waals surface area (Å²) in [6, 6.07) is 11.5. The number of nitrogens with zero attached hydrogens (tertiary/aromatic N) is 4. The number of hydrogen-bond donors (Lipinski definition) is 0. The van der Waals surface area contributed by atoms with Crippen molar-refractivity contribution in [2.45, 2.75) is 12.8 Å².